The molecule has 0 spiro atoms. The zero-order valence-corrected chi connectivity index (χ0v) is 11.0. The lowest BCUT2D eigenvalue weighted by Crippen LogP contribution is -2.08. The van der Waals surface area contributed by atoms with Crippen LogP contribution in [0.2, 0.25) is 0 Å². The first-order chi connectivity index (χ1) is 9.38. The third-order valence-electron chi connectivity index (χ3n) is 2.55. The van der Waals surface area contributed by atoms with Gasteiger partial charge >= 0.3 is 0 Å². The topological polar surface area (TPSA) is 78.3 Å². The lowest BCUT2D eigenvalue weighted by atomic mass is 10.2. The molecule has 0 aliphatic carbocycles. The molecule has 0 atom stereocenters. The van der Waals surface area contributed by atoms with Gasteiger partial charge in [0.25, 0.3) is 0 Å². The average Bonchev–Trinajstić information content (AvgIpc) is 3.00. The second-order valence-corrected chi connectivity index (χ2v) is 4.96. The number of rotatable bonds is 5. The zero-order valence-electron chi connectivity index (χ0n) is 10.2. The van der Waals surface area contributed by atoms with Crippen LogP contribution in [-0.4, -0.2) is 33.0 Å². The molecule has 2 aromatic heterocycles. The van der Waals surface area contributed by atoms with E-state index >= 15 is 0 Å². The summed E-state index contributed by atoms with van der Waals surface area (Å²) in [5.41, 5.74) is 6.37. The summed E-state index contributed by atoms with van der Waals surface area (Å²) in [6.07, 6.45) is 0. The summed E-state index contributed by atoms with van der Waals surface area (Å²) in [7, 11) is 0. The lowest BCUT2D eigenvalue weighted by Gasteiger charge is -1.97. The summed E-state index contributed by atoms with van der Waals surface area (Å²) in [4.78, 5) is 0.769. The third-order valence-corrected chi connectivity index (χ3v) is 3.42. The molecular weight excluding hydrogens is 262 g/mol. The quantitative estimate of drug-likeness (QED) is 0.711. The van der Waals surface area contributed by atoms with Crippen LogP contribution in [0.4, 0.5) is 0 Å². The van der Waals surface area contributed by atoms with Crippen molar-refractivity contribution in [1.82, 2.24) is 19.8 Å². The first kappa shape index (κ1) is 12.2. The van der Waals surface area contributed by atoms with Crippen LogP contribution in [0.15, 0.2) is 30.3 Å². The van der Waals surface area contributed by atoms with E-state index in [-0.39, 0.29) is 0 Å². The Balaban J connectivity index is 1.90. The molecule has 6 nitrogen and oxygen atoms in total. The number of ether oxygens (including phenoxy) is 1. The van der Waals surface area contributed by atoms with E-state index in [2.05, 4.69) is 15.3 Å². The Hall–Kier alpha value is -1.83. The number of fused-ring (bicyclic) bond motifs is 1. The summed E-state index contributed by atoms with van der Waals surface area (Å²) in [5.74, 6) is 0.747. The van der Waals surface area contributed by atoms with Gasteiger partial charge in [0.2, 0.25) is 4.96 Å². The van der Waals surface area contributed by atoms with Gasteiger partial charge in [-0.2, -0.15) is 9.61 Å². The highest BCUT2D eigenvalue weighted by Gasteiger charge is 2.12. The second-order valence-electron chi connectivity index (χ2n) is 3.92. The fraction of sp³-hybridized carbons (Fsp3) is 0.250. The van der Waals surface area contributed by atoms with Gasteiger partial charge in [0.1, 0.15) is 11.6 Å². The summed E-state index contributed by atoms with van der Waals surface area (Å²) in [5, 5.41) is 13.6. The van der Waals surface area contributed by atoms with Gasteiger partial charge in [-0.05, 0) is 0 Å². The molecule has 3 aromatic rings. The first-order valence-electron chi connectivity index (χ1n) is 5.93. The molecule has 0 bridgehead atoms. The zero-order chi connectivity index (χ0) is 13.1. The van der Waals surface area contributed by atoms with E-state index in [0.717, 1.165) is 21.4 Å². The van der Waals surface area contributed by atoms with Gasteiger partial charge in [-0.3, -0.25) is 0 Å². The molecule has 98 valence electrons. The summed E-state index contributed by atoms with van der Waals surface area (Å²) >= 11 is 1.48. The van der Waals surface area contributed by atoms with Crippen molar-refractivity contribution in [3.63, 3.8) is 0 Å². The lowest BCUT2D eigenvalue weighted by molar-refractivity contribution is 0.127. The van der Waals surface area contributed by atoms with Crippen molar-refractivity contribution in [3.8, 4) is 11.4 Å². The molecule has 3 rings (SSSR count). The number of hydrogen-bond acceptors (Lipinski definition) is 6. The van der Waals surface area contributed by atoms with E-state index < -0.39 is 0 Å². The Morgan fingerprint density at radius 3 is 2.84 bits per heavy atom. The van der Waals surface area contributed by atoms with Crippen LogP contribution in [0.3, 0.4) is 0 Å². The molecule has 1 aromatic carbocycles. The maximum absolute atomic E-state index is 5.38. The molecule has 0 aliphatic heterocycles. The van der Waals surface area contributed by atoms with Gasteiger partial charge in [0, 0.05) is 12.1 Å². The molecule has 0 amide bonds. The highest BCUT2D eigenvalue weighted by Crippen LogP contribution is 2.21. The van der Waals surface area contributed by atoms with Crippen LogP contribution >= 0.6 is 11.3 Å². The van der Waals surface area contributed by atoms with Crippen LogP contribution in [0.5, 0.6) is 0 Å². The number of nitrogens with two attached hydrogens (primary N) is 1. The minimum absolute atomic E-state index is 0.458. The predicted octanol–water partition coefficient (Wildman–Crippen LogP) is 1.33. The smallest absolute Gasteiger partial charge is 0.235 e. The maximum atomic E-state index is 5.38. The SMILES string of the molecule is NCCOCc1nn2c(-c3ccccc3)nnc2s1. The average molecular weight is 275 g/mol. The van der Waals surface area contributed by atoms with Gasteiger partial charge in [-0.15, -0.1) is 10.2 Å². The van der Waals surface area contributed by atoms with E-state index in [4.69, 9.17) is 10.5 Å². The predicted molar refractivity (Wildman–Crippen MR) is 72.8 cm³/mol. The fourth-order valence-electron chi connectivity index (χ4n) is 1.72. The number of nitrogens with zero attached hydrogens (tertiary/aromatic N) is 4. The van der Waals surface area contributed by atoms with E-state index in [1.54, 1.807) is 4.52 Å². The minimum Gasteiger partial charge on any atom is -0.373 e. The van der Waals surface area contributed by atoms with Crippen molar-refractivity contribution in [3.05, 3.63) is 35.3 Å². The van der Waals surface area contributed by atoms with Gasteiger partial charge in [0.05, 0.1) is 6.61 Å². The van der Waals surface area contributed by atoms with Crippen molar-refractivity contribution in [2.24, 2.45) is 5.73 Å². The standard InChI is InChI=1S/C12H13N5OS/c13-6-7-18-8-10-16-17-11(14-15-12(17)19-10)9-4-2-1-3-5-9/h1-5H,6-8,13H2. The number of hydrogen-bond donors (Lipinski definition) is 1. The number of aromatic nitrogens is 4. The molecule has 19 heavy (non-hydrogen) atoms. The summed E-state index contributed by atoms with van der Waals surface area (Å²) in [6, 6.07) is 9.87. The van der Waals surface area contributed by atoms with Crippen molar-refractivity contribution < 1.29 is 4.74 Å². The normalized spacial score (nSPS) is 11.2. The van der Waals surface area contributed by atoms with Crippen LogP contribution in [0.25, 0.3) is 16.3 Å². The third kappa shape index (κ3) is 2.48. The van der Waals surface area contributed by atoms with Gasteiger partial charge in [0.15, 0.2) is 5.82 Å². The maximum Gasteiger partial charge on any atom is 0.235 e. The summed E-state index contributed by atoms with van der Waals surface area (Å²) < 4.78 is 7.13. The molecule has 0 fully saturated rings. The Morgan fingerprint density at radius 2 is 2.05 bits per heavy atom. The van der Waals surface area contributed by atoms with E-state index in [1.165, 1.54) is 11.3 Å². The molecule has 7 heteroatoms. The highest BCUT2D eigenvalue weighted by molar-refractivity contribution is 7.16. The Morgan fingerprint density at radius 1 is 1.21 bits per heavy atom. The first-order valence-corrected chi connectivity index (χ1v) is 6.74. The van der Waals surface area contributed by atoms with E-state index in [0.29, 0.717) is 19.8 Å². The molecule has 2 N–H and O–H groups in total. The largest absolute Gasteiger partial charge is 0.373 e. The van der Waals surface area contributed by atoms with Crippen LogP contribution < -0.4 is 5.73 Å². The Bertz CT molecular complexity index is 663. The molecule has 2 heterocycles. The Labute approximate surface area is 113 Å². The van der Waals surface area contributed by atoms with Crippen molar-refractivity contribution in [1.29, 1.82) is 0 Å². The molecule has 0 saturated carbocycles. The molecule has 0 unspecified atom stereocenters. The van der Waals surface area contributed by atoms with Crippen molar-refractivity contribution in [2.45, 2.75) is 6.61 Å². The van der Waals surface area contributed by atoms with Crippen LogP contribution in [-0.2, 0) is 11.3 Å². The monoisotopic (exact) mass is 275 g/mol. The number of benzene rings is 1. The van der Waals surface area contributed by atoms with Crippen molar-refractivity contribution in [2.75, 3.05) is 13.2 Å². The minimum atomic E-state index is 0.458. The fourth-order valence-corrected chi connectivity index (χ4v) is 2.50. The van der Waals surface area contributed by atoms with Crippen molar-refractivity contribution >= 4 is 16.3 Å². The van der Waals surface area contributed by atoms with Gasteiger partial charge < -0.3 is 10.5 Å². The molecule has 0 aliphatic rings. The molecular formula is C12H13N5OS. The van der Waals surface area contributed by atoms with Crippen LogP contribution in [0.1, 0.15) is 5.01 Å². The van der Waals surface area contributed by atoms with Gasteiger partial charge in [-0.1, -0.05) is 41.7 Å². The summed E-state index contributed by atoms with van der Waals surface area (Å²) in [6.45, 7) is 1.50. The van der Waals surface area contributed by atoms with E-state index in [1.807, 2.05) is 30.3 Å². The molecule has 0 radical (unpaired) electrons. The highest BCUT2D eigenvalue weighted by atomic mass is 32.1. The van der Waals surface area contributed by atoms with Gasteiger partial charge in [-0.25, -0.2) is 0 Å². The van der Waals surface area contributed by atoms with E-state index in [9.17, 15) is 0 Å². The molecule has 0 saturated heterocycles. The van der Waals surface area contributed by atoms with Crippen LogP contribution in [0, 0.1) is 0 Å². The second kappa shape index (κ2) is 5.43. The Kier molecular flexibility index (Phi) is 3.49.